The van der Waals surface area contributed by atoms with Crippen LogP contribution in [0.15, 0.2) is 84.4 Å². The van der Waals surface area contributed by atoms with E-state index in [9.17, 15) is 19.5 Å². The van der Waals surface area contributed by atoms with Crippen LogP contribution < -0.4 is 10.6 Å². The van der Waals surface area contributed by atoms with E-state index in [4.69, 9.17) is 0 Å². The molecule has 0 radical (unpaired) electrons. The van der Waals surface area contributed by atoms with E-state index in [1.807, 2.05) is 18.2 Å². The molecule has 0 fully saturated rings. The quantitative estimate of drug-likeness (QED) is 0.524. The number of carboxylic acids is 1. The van der Waals surface area contributed by atoms with E-state index in [0.29, 0.717) is 16.8 Å². The second-order valence-corrected chi connectivity index (χ2v) is 6.57. The Morgan fingerprint density at radius 2 is 1.43 bits per heavy atom. The van der Waals surface area contributed by atoms with Crippen molar-refractivity contribution in [3.63, 3.8) is 0 Å². The number of rotatable bonds is 6. The Kier molecular flexibility index (Phi) is 6.39. The van der Waals surface area contributed by atoms with Crippen molar-refractivity contribution in [2.75, 3.05) is 10.6 Å². The monoisotopic (exact) mass is 400 g/mol. The summed E-state index contributed by atoms with van der Waals surface area (Å²) in [6.45, 7) is 1.63. The minimum atomic E-state index is -1.11. The average Bonchev–Trinajstić information content (AvgIpc) is 2.75. The molecule has 0 unspecified atom stereocenters. The first-order valence-electron chi connectivity index (χ1n) is 9.22. The molecule has 2 amide bonds. The Morgan fingerprint density at radius 3 is 2.10 bits per heavy atom. The van der Waals surface area contributed by atoms with Crippen LogP contribution in [-0.4, -0.2) is 22.9 Å². The Balaban J connectivity index is 1.68. The fraction of sp³-hybridized carbons (Fsp3) is 0.0417. The standard InChI is InChI=1S/C24H20N2O4/c1-16(22(27)26-21-10-6-5-9-20(21)24(29)30)15-17-11-13-18(14-12-17)23(28)25-19-7-3-2-4-8-19/h2-15H,1H3,(H,25,28)(H,26,27)(H,29,30)/b16-15+. The van der Waals surface area contributed by atoms with Crippen LogP contribution in [-0.2, 0) is 4.79 Å². The molecule has 0 aliphatic carbocycles. The van der Waals surface area contributed by atoms with Gasteiger partial charge in [0, 0.05) is 16.8 Å². The van der Waals surface area contributed by atoms with Crippen molar-refractivity contribution >= 4 is 35.2 Å². The highest BCUT2D eigenvalue weighted by Gasteiger charge is 2.13. The first-order valence-corrected chi connectivity index (χ1v) is 9.22. The van der Waals surface area contributed by atoms with Crippen LogP contribution in [0.25, 0.3) is 6.08 Å². The summed E-state index contributed by atoms with van der Waals surface area (Å²) in [4.78, 5) is 36.0. The van der Waals surface area contributed by atoms with E-state index in [1.54, 1.807) is 61.5 Å². The molecule has 0 aromatic heterocycles. The first kappa shape index (κ1) is 20.5. The van der Waals surface area contributed by atoms with Crippen molar-refractivity contribution in [1.29, 1.82) is 0 Å². The number of aromatic carboxylic acids is 1. The topological polar surface area (TPSA) is 95.5 Å². The summed E-state index contributed by atoms with van der Waals surface area (Å²) < 4.78 is 0. The maximum absolute atomic E-state index is 12.4. The molecule has 3 aromatic carbocycles. The van der Waals surface area contributed by atoms with E-state index in [2.05, 4.69) is 10.6 Å². The van der Waals surface area contributed by atoms with Gasteiger partial charge in [-0.1, -0.05) is 42.5 Å². The number of para-hydroxylation sites is 2. The molecule has 3 rings (SSSR count). The highest BCUT2D eigenvalue weighted by Crippen LogP contribution is 2.17. The smallest absolute Gasteiger partial charge is 0.337 e. The highest BCUT2D eigenvalue weighted by molar-refractivity contribution is 6.09. The molecule has 150 valence electrons. The molecule has 0 spiro atoms. The number of carboxylic acid groups (broad SMARTS) is 1. The molecule has 3 aromatic rings. The van der Waals surface area contributed by atoms with Crippen LogP contribution in [0.5, 0.6) is 0 Å². The Bertz CT molecular complexity index is 1100. The van der Waals surface area contributed by atoms with E-state index in [0.717, 1.165) is 5.56 Å². The Labute approximate surface area is 173 Å². The maximum atomic E-state index is 12.4. The van der Waals surface area contributed by atoms with Gasteiger partial charge in [-0.25, -0.2) is 4.79 Å². The molecular weight excluding hydrogens is 380 g/mol. The van der Waals surface area contributed by atoms with E-state index in [1.165, 1.54) is 12.1 Å². The fourth-order valence-corrected chi connectivity index (χ4v) is 2.77. The summed E-state index contributed by atoms with van der Waals surface area (Å²) in [7, 11) is 0. The van der Waals surface area contributed by atoms with Crippen LogP contribution in [0.4, 0.5) is 11.4 Å². The molecular formula is C24H20N2O4. The van der Waals surface area contributed by atoms with Crippen molar-refractivity contribution in [1.82, 2.24) is 0 Å². The number of benzene rings is 3. The third-order valence-electron chi connectivity index (χ3n) is 4.35. The third kappa shape index (κ3) is 5.20. The molecule has 0 atom stereocenters. The van der Waals surface area contributed by atoms with E-state index in [-0.39, 0.29) is 17.2 Å². The summed E-state index contributed by atoms with van der Waals surface area (Å²) >= 11 is 0. The van der Waals surface area contributed by atoms with Crippen LogP contribution in [0.1, 0.15) is 33.2 Å². The fourth-order valence-electron chi connectivity index (χ4n) is 2.77. The zero-order chi connectivity index (χ0) is 21.5. The van der Waals surface area contributed by atoms with Crippen molar-refractivity contribution in [2.45, 2.75) is 6.92 Å². The van der Waals surface area contributed by atoms with Crippen LogP contribution >= 0.6 is 0 Å². The summed E-state index contributed by atoms with van der Waals surface area (Å²) in [6.07, 6.45) is 1.66. The SMILES string of the molecule is C/C(=C\c1ccc(C(=O)Nc2ccccc2)cc1)C(=O)Nc1ccccc1C(=O)O. The maximum Gasteiger partial charge on any atom is 0.337 e. The lowest BCUT2D eigenvalue weighted by atomic mass is 10.1. The second kappa shape index (κ2) is 9.34. The van der Waals surface area contributed by atoms with E-state index < -0.39 is 11.9 Å². The summed E-state index contributed by atoms with van der Waals surface area (Å²) in [6, 6.07) is 22.2. The van der Waals surface area contributed by atoms with Gasteiger partial charge in [-0.3, -0.25) is 9.59 Å². The first-order chi connectivity index (χ1) is 14.4. The lowest BCUT2D eigenvalue weighted by Gasteiger charge is -2.09. The number of hydrogen-bond donors (Lipinski definition) is 3. The molecule has 3 N–H and O–H groups in total. The zero-order valence-corrected chi connectivity index (χ0v) is 16.3. The third-order valence-corrected chi connectivity index (χ3v) is 4.35. The average molecular weight is 400 g/mol. The van der Waals surface area contributed by atoms with Gasteiger partial charge in [-0.05, 0) is 55.0 Å². The van der Waals surface area contributed by atoms with Crippen LogP contribution in [0.2, 0.25) is 0 Å². The lowest BCUT2D eigenvalue weighted by molar-refractivity contribution is -0.112. The molecule has 0 aliphatic heterocycles. The Hall–Kier alpha value is -4.19. The predicted molar refractivity (Wildman–Crippen MR) is 117 cm³/mol. The van der Waals surface area contributed by atoms with Crippen molar-refractivity contribution < 1.29 is 19.5 Å². The molecule has 30 heavy (non-hydrogen) atoms. The van der Waals surface area contributed by atoms with Crippen LogP contribution in [0.3, 0.4) is 0 Å². The minimum Gasteiger partial charge on any atom is -0.478 e. The van der Waals surface area contributed by atoms with Gasteiger partial charge >= 0.3 is 5.97 Å². The van der Waals surface area contributed by atoms with Gasteiger partial charge in [0.2, 0.25) is 0 Å². The predicted octanol–water partition coefficient (Wildman–Crippen LogP) is 4.68. The van der Waals surface area contributed by atoms with Gasteiger partial charge in [0.15, 0.2) is 0 Å². The van der Waals surface area contributed by atoms with Crippen molar-refractivity contribution in [3.05, 3.63) is 101 Å². The molecule has 0 saturated carbocycles. The molecule has 6 nitrogen and oxygen atoms in total. The number of anilines is 2. The molecule has 0 heterocycles. The van der Waals surface area contributed by atoms with Gasteiger partial charge in [-0.2, -0.15) is 0 Å². The van der Waals surface area contributed by atoms with Crippen molar-refractivity contribution in [2.24, 2.45) is 0 Å². The Morgan fingerprint density at radius 1 is 0.800 bits per heavy atom. The number of carbonyl (C=O) groups is 3. The van der Waals surface area contributed by atoms with Gasteiger partial charge in [0.1, 0.15) is 0 Å². The van der Waals surface area contributed by atoms with E-state index >= 15 is 0 Å². The van der Waals surface area contributed by atoms with Gasteiger partial charge < -0.3 is 15.7 Å². The molecule has 6 heteroatoms. The van der Waals surface area contributed by atoms with Gasteiger partial charge in [0.25, 0.3) is 11.8 Å². The summed E-state index contributed by atoms with van der Waals surface area (Å²) in [5.41, 5.74) is 2.60. The minimum absolute atomic E-state index is 0.0208. The molecule has 0 bridgehead atoms. The van der Waals surface area contributed by atoms with Crippen molar-refractivity contribution in [3.8, 4) is 0 Å². The molecule has 0 saturated heterocycles. The summed E-state index contributed by atoms with van der Waals surface area (Å²) in [5, 5.41) is 14.6. The normalized spacial score (nSPS) is 10.9. The number of nitrogens with one attached hydrogen (secondary N) is 2. The number of hydrogen-bond acceptors (Lipinski definition) is 3. The number of carbonyl (C=O) groups excluding carboxylic acids is 2. The summed E-state index contributed by atoms with van der Waals surface area (Å²) in [5.74, 6) is -1.75. The van der Waals surface area contributed by atoms with Gasteiger partial charge in [0.05, 0.1) is 11.3 Å². The van der Waals surface area contributed by atoms with Crippen LogP contribution in [0, 0.1) is 0 Å². The largest absolute Gasteiger partial charge is 0.478 e. The van der Waals surface area contributed by atoms with Gasteiger partial charge in [-0.15, -0.1) is 0 Å². The highest BCUT2D eigenvalue weighted by atomic mass is 16.4. The number of amides is 2. The zero-order valence-electron chi connectivity index (χ0n) is 16.3. The lowest BCUT2D eigenvalue weighted by Crippen LogP contribution is -2.15. The molecule has 0 aliphatic rings. The second-order valence-electron chi connectivity index (χ2n) is 6.57.